The molecule has 0 saturated heterocycles. The molecule has 12 heteroatoms. The largest absolute Gasteiger partial charge is 0.510 e. The van der Waals surface area contributed by atoms with Crippen molar-refractivity contribution in [2.24, 2.45) is 5.16 Å². The zero-order valence-electron chi connectivity index (χ0n) is 19.4. The number of fused-ring (bicyclic) bond motifs is 4. The summed E-state index contributed by atoms with van der Waals surface area (Å²) in [5, 5.41) is 43.0. The Bertz CT molecular complexity index is 2280. The Hall–Kier alpha value is -5.26. The Kier molecular flexibility index (Phi) is 4.50. The summed E-state index contributed by atoms with van der Waals surface area (Å²) in [5.41, 5.74) is -6.54. The average molecular weight is 516 g/mol. The van der Waals surface area contributed by atoms with Crippen molar-refractivity contribution in [3.05, 3.63) is 107 Å². The molecule has 0 radical (unpaired) electrons. The lowest BCUT2D eigenvalue weighted by Crippen LogP contribution is -2.51. The maximum atomic E-state index is 13.5. The summed E-state index contributed by atoms with van der Waals surface area (Å²) in [6, 6.07) is 3.75. The monoisotopic (exact) mass is 516 g/mol. The van der Waals surface area contributed by atoms with Crippen LogP contribution in [0.4, 0.5) is 0 Å². The minimum atomic E-state index is -1.97. The van der Waals surface area contributed by atoms with E-state index in [0.717, 1.165) is 19.4 Å². The number of ether oxygens (including phenoxy) is 1. The van der Waals surface area contributed by atoms with Crippen molar-refractivity contribution >= 4 is 28.5 Å². The van der Waals surface area contributed by atoms with Crippen LogP contribution in [-0.4, -0.2) is 38.8 Å². The molecule has 5 N–H and O–H groups in total. The molecule has 4 aliphatic carbocycles. The van der Waals surface area contributed by atoms with Gasteiger partial charge in [0.2, 0.25) is 16.3 Å². The molecule has 0 aliphatic heterocycles. The van der Waals surface area contributed by atoms with Crippen molar-refractivity contribution in [2.45, 2.75) is 18.3 Å². The second-order valence-corrected chi connectivity index (χ2v) is 9.19. The zero-order chi connectivity index (χ0) is 27.3. The summed E-state index contributed by atoms with van der Waals surface area (Å²) in [6.07, 6.45) is 1.03. The fraction of sp³-hybridized carbons (Fsp3) is 0.154. The fourth-order valence-electron chi connectivity index (χ4n) is 5.90. The number of hydrogen-bond acceptors (Lipinski definition) is 11. The van der Waals surface area contributed by atoms with Crippen molar-refractivity contribution in [1.29, 1.82) is 0 Å². The molecule has 1 heterocycles. The van der Waals surface area contributed by atoms with E-state index in [1.54, 1.807) is 0 Å². The van der Waals surface area contributed by atoms with Gasteiger partial charge in [-0.15, -0.1) is 0 Å². The van der Waals surface area contributed by atoms with Crippen LogP contribution in [-0.2, 0) is 11.8 Å². The molecule has 0 fully saturated rings. The molecule has 0 saturated carbocycles. The van der Waals surface area contributed by atoms with Gasteiger partial charge in [0.15, 0.2) is 11.2 Å². The van der Waals surface area contributed by atoms with Crippen LogP contribution in [0.15, 0.2) is 47.3 Å². The van der Waals surface area contributed by atoms with E-state index in [0.29, 0.717) is 5.56 Å². The molecule has 38 heavy (non-hydrogen) atoms. The summed E-state index contributed by atoms with van der Waals surface area (Å²) in [5.74, 6) is -2.61. The molecular weight excluding hydrogens is 500 g/mol. The number of aromatic nitrogens is 1. The number of oxime groups is 1. The van der Waals surface area contributed by atoms with E-state index in [4.69, 9.17) is 9.94 Å². The third-order valence-corrected chi connectivity index (χ3v) is 7.47. The van der Waals surface area contributed by atoms with Gasteiger partial charge in [-0.05, 0) is 29.9 Å². The lowest BCUT2D eigenvalue weighted by molar-refractivity contribution is 0.321. The van der Waals surface area contributed by atoms with Crippen LogP contribution in [0.3, 0.4) is 0 Å². The van der Waals surface area contributed by atoms with Gasteiger partial charge in [-0.25, -0.2) is 0 Å². The Morgan fingerprint density at radius 1 is 0.921 bits per heavy atom. The molecule has 12 nitrogen and oxygen atoms in total. The first kappa shape index (κ1) is 23.2. The molecule has 0 bridgehead atoms. The Morgan fingerprint density at radius 2 is 1.58 bits per heavy atom. The number of aryl methyl sites for hydroxylation is 1. The Balaban J connectivity index is 1.81. The highest BCUT2D eigenvalue weighted by molar-refractivity contribution is 5.96. The van der Waals surface area contributed by atoms with Crippen LogP contribution in [0.1, 0.15) is 23.2 Å². The first-order chi connectivity index (χ1) is 18.1. The quantitative estimate of drug-likeness (QED) is 0.116. The summed E-state index contributed by atoms with van der Waals surface area (Å²) in [4.78, 5) is 67.6. The molecule has 1 atom stereocenters. The number of aromatic hydroxyl groups is 1. The predicted octanol–water partition coefficient (Wildman–Crippen LogP) is -1.68. The molecule has 6 rings (SSSR count). The van der Waals surface area contributed by atoms with Gasteiger partial charge in [0.05, 0.1) is 45.3 Å². The topological polar surface area (TPSA) is 204 Å². The van der Waals surface area contributed by atoms with Gasteiger partial charge in [-0.3, -0.25) is 24.0 Å². The smallest absolute Gasteiger partial charge is 0.260 e. The van der Waals surface area contributed by atoms with E-state index in [9.17, 15) is 39.3 Å². The normalized spacial score (nSPS) is 18.2. The van der Waals surface area contributed by atoms with E-state index in [-0.39, 0.29) is 34.9 Å². The van der Waals surface area contributed by atoms with Gasteiger partial charge < -0.3 is 30.2 Å². The predicted molar refractivity (Wildman–Crippen MR) is 133 cm³/mol. The van der Waals surface area contributed by atoms with E-state index >= 15 is 0 Å². The van der Waals surface area contributed by atoms with Gasteiger partial charge in [0, 0.05) is 11.6 Å². The van der Waals surface area contributed by atoms with Crippen molar-refractivity contribution in [1.82, 2.24) is 4.98 Å². The number of pyridine rings is 1. The first-order valence-corrected chi connectivity index (χ1v) is 11.2. The molecule has 1 aromatic heterocycles. The molecule has 4 aliphatic rings. The van der Waals surface area contributed by atoms with Crippen LogP contribution in [0.5, 0.6) is 11.5 Å². The van der Waals surface area contributed by atoms with Crippen LogP contribution in [0.2, 0.25) is 0 Å². The molecule has 0 amide bonds. The number of phenols is 1. The third kappa shape index (κ3) is 2.53. The van der Waals surface area contributed by atoms with Crippen molar-refractivity contribution < 1.29 is 25.3 Å². The number of nitrogens with zero attached hydrogens (tertiary/aromatic N) is 1. The summed E-state index contributed by atoms with van der Waals surface area (Å²) >= 11 is 0. The maximum absolute atomic E-state index is 13.5. The summed E-state index contributed by atoms with van der Waals surface area (Å²) in [6.45, 7) is 0. The van der Waals surface area contributed by atoms with Gasteiger partial charge in [-0.2, -0.15) is 0 Å². The van der Waals surface area contributed by atoms with Crippen molar-refractivity contribution in [3.63, 3.8) is 0 Å². The number of aliphatic hydroxyl groups is 2. The average Bonchev–Trinajstić information content (AvgIpc) is 3.36. The number of phenolic OH excluding ortho intramolecular Hbond substituents is 1. The Morgan fingerprint density at radius 3 is 2.21 bits per heavy atom. The highest BCUT2D eigenvalue weighted by atomic mass is 16.5. The molecule has 1 aromatic carbocycles. The second kappa shape index (κ2) is 7.38. The van der Waals surface area contributed by atoms with Crippen LogP contribution < -0.4 is 42.4 Å². The maximum Gasteiger partial charge on any atom is 0.260 e. The van der Waals surface area contributed by atoms with E-state index in [1.165, 1.54) is 12.1 Å². The number of aliphatic hydroxyl groups excluding tert-OH is 2. The van der Waals surface area contributed by atoms with Crippen LogP contribution >= 0.6 is 0 Å². The standard InChI is InChI=1S/C26H16N2O10/c1-38-12-6-11(29)14-15(19(12)30)21(32)17-16(20(14)31)23(34)26(24(17)35)3-2-8-4-9-5-10(7-27-37)28-25(36)13(9)22(33)18(8)26/h4-7,33-35,37H,2-3H2,1H3,(H,28,36)/t26-/m0/s1. The lowest BCUT2D eigenvalue weighted by atomic mass is 9.78. The van der Waals surface area contributed by atoms with Crippen LogP contribution in [0, 0.1) is 10.4 Å². The first-order valence-electron chi connectivity index (χ1n) is 11.2. The lowest BCUT2D eigenvalue weighted by Gasteiger charge is -2.27. The van der Waals surface area contributed by atoms with Crippen LogP contribution in [0.25, 0.3) is 22.3 Å². The third-order valence-electron chi connectivity index (χ3n) is 7.47. The van der Waals surface area contributed by atoms with Gasteiger partial charge in [0.1, 0.15) is 22.7 Å². The number of nitrogens with one attached hydrogen (secondary N) is 1. The number of aromatic amines is 1. The fourth-order valence-corrected chi connectivity index (χ4v) is 5.90. The van der Waals surface area contributed by atoms with E-state index in [1.807, 2.05) is 0 Å². The molecule has 2 aromatic rings. The molecule has 1 spiro atoms. The number of H-pyrrole nitrogens is 1. The highest BCUT2D eigenvalue weighted by Gasteiger charge is 2.53. The number of rotatable bonds is 2. The van der Waals surface area contributed by atoms with Crippen molar-refractivity contribution in [2.75, 3.05) is 7.11 Å². The minimum Gasteiger partial charge on any atom is -0.510 e. The minimum absolute atomic E-state index is 0.0876. The molecule has 190 valence electrons. The van der Waals surface area contributed by atoms with E-state index in [2.05, 4.69) is 10.1 Å². The SMILES string of the molecule is COc1cc(=O)c2c(=O)c3c(c(=O)c=2c1=O)=C(O)[C@]1(CCc2cc4cc(C=NO)[nH]c(=O)c4c(O)c21)C=3O. The van der Waals surface area contributed by atoms with Gasteiger partial charge in [-0.1, -0.05) is 11.2 Å². The molecule has 0 unspecified atom stereocenters. The number of hydrogen-bond donors (Lipinski definition) is 5. The number of methoxy groups -OCH3 is 1. The molecular formula is C26H16N2O10. The van der Waals surface area contributed by atoms with Gasteiger partial charge in [0.25, 0.3) is 5.56 Å². The van der Waals surface area contributed by atoms with Crippen molar-refractivity contribution in [3.8, 4) is 11.5 Å². The van der Waals surface area contributed by atoms with E-state index < -0.39 is 76.6 Å². The second-order valence-electron chi connectivity index (χ2n) is 9.19. The highest BCUT2D eigenvalue weighted by Crippen LogP contribution is 2.54. The summed E-state index contributed by atoms with van der Waals surface area (Å²) < 4.78 is 4.86. The zero-order valence-corrected chi connectivity index (χ0v) is 19.4. The Labute approximate surface area is 208 Å². The summed E-state index contributed by atoms with van der Waals surface area (Å²) in [7, 11) is 1.11. The van der Waals surface area contributed by atoms with Gasteiger partial charge >= 0.3 is 0 Å². The number of benzene rings is 1.